The van der Waals surface area contributed by atoms with Gasteiger partial charge in [-0.25, -0.2) is 4.98 Å². The molecule has 0 saturated carbocycles. The highest BCUT2D eigenvalue weighted by molar-refractivity contribution is 5.97. The van der Waals surface area contributed by atoms with E-state index in [-0.39, 0.29) is 11.9 Å². The molecule has 180 valence electrons. The molecule has 0 saturated heterocycles. The van der Waals surface area contributed by atoms with Crippen LogP contribution in [-0.4, -0.2) is 59.3 Å². The smallest absolute Gasteiger partial charge is 0.255 e. The summed E-state index contributed by atoms with van der Waals surface area (Å²) >= 11 is 0. The van der Waals surface area contributed by atoms with E-state index in [9.17, 15) is 4.79 Å². The van der Waals surface area contributed by atoms with Crippen molar-refractivity contribution in [2.75, 3.05) is 32.9 Å². The van der Waals surface area contributed by atoms with Crippen LogP contribution in [0.2, 0.25) is 0 Å². The molecule has 2 heterocycles. The lowest BCUT2D eigenvalue weighted by molar-refractivity contribution is 0.0823. The molecule has 34 heavy (non-hydrogen) atoms. The van der Waals surface area contributed by atoms with Crippen molar-refractivity contribution in [3.8, 4) is 5.75 Å². The van der Waals surface area contributed by atoms with Crippen LogP contribution in [0.15, 0.2) is 67.1 Å². The number of imidazole rings is 1. The fourth-order valence-corrected chi connectivity index (χ4v) is 4.19. The number of fused-ring (bicyclic) bond motifs is 1. The van der Waals surface area contributed by atoms with Gasteiger partial charge in [0.2, 0.25) is 0 Å². The van der Waals surface area contributed by atoms with Crippen molar-refractivity contribution in [2.45, 2.75) is 31.8 Å². The van der Waals surface area contributed by atoms with Crippen molar-refractivity contribution in [2.24, 2.45) is 7.05 Å². The van der Waals surface area contributed by atoms with Gasteiger partial charge in [-0.1, -0.05) is 42.5 Å². The van der Waals surface area contributed by atoms with E-state index in [1.165, 1.54) is 5.56 Å². The molecule has 0 bridgehead atoms. The average molecular weight is 463 g/mol. The standard InChI is InChI=1S/C27H34N4O3/c1-30-18-24(28-21-30)19-31-13-7-8-15-33-20-23(17-22-9-3-2-4-10-22)29-27(32)25-11-5-6-12-26(25)34-16-14-31/h2-6,9-12,18,21,23H,7-8,13-17,19-20H2,1H3,(H,29,32)/t23-/m0/s1. The molecule has 0 unspecified atom stereocenters. The number of nitrogens with one attached hydrogen (secondary N) is 1. The molecule has 1 atom stereocenters. The van der Waals surface area contributed by atoms with Crippen LogP contribution in [0.3, 0.4) is 0 Å². The largest absolute Gasteiger partial charge is 0.491 e. The van der Waals surface area contributed by atoms with Crippen molar-refractivity contribution < 1.29 is 14.3 Å². The SMILES string of the molecule is Cn1cnc(CN2CCCCOC[C@H](Cc3ccccc3)NC(=O)c3ccccc3OCC2)c1. The Morgan fingerprint density at radius 1 is 1.03 bits per heavy atom. The zero-order valence-electron chi connectivity index (χ0n) is 19.9. The Labute approximate surface area is 201 Å². The highest BCUT2D eigenvalue weighted by atomic mass is 16.5. The van der Waals surface area contributed by atoms with E-state index < -0.39 is 0 Å². The lowest BCUT2D eigenvalue weighted by atomic mass is 10.1. The monoisotopic (exact) mass is 462 g/mol. The highest BCUT2D eigenvalue weighted by Crippen LogP contribution is 2.19. The summed E-state index contributed by atoms with van der Waals surface area (Å²) in [5.74, 6) is 0.465. The van der Waals surface area contributed by atoms with E-state index in [1.54, 1.807) is 0 Å². The molecule has 2 aromatic carbocycles. The maximum absolute atomic E-state index is 13.2. The van der Waals surface area contributed by atoms with Crippen LogP contribution in [0.5, 0.6) is 5.75 Å². The number of hydrogen-bond donors (Lipinski definition) is 1. The van der Waals surface area contributed by atoms with Crippen LogP contribution in [0.25, 0.3) is 0 Å². The Hall–Kier alpha value is -3.16. The van der Waals surface area contributed by atoms with Gasteiger partial charge >= 0.3 is 0 Å². The third kappa shape index (κ3) is 7.17. The second kappa shape index (κ2) is 12.3. The molecule has 0 aliphatic carbocycles. The van der Waals surface area contributed by atoms with Crippen LogP contribution in [0.4, 0.5) is 0 Å². The van der Waals surface area contributed by atoms with Gasteiger partial charge in [0.05, 0.1) is 30.2 Å². The van der Waals surface area contributed by atoms with Crippen LogP contribution < -0.4 is 10.1 Å². The third-order valence-corrected chi connectivity index (χ3v) is 5.93. The molecule has 0 radical (unpaired) electrons. The molecule has 1 aliphatic rings. The molecular formula is C27H34N4O3. The van der Waals surface area contributed by atoms with Gasteiger partial charge in [0.15, 0.2) is 0 Å². The minimum Gasteiger partial charge on any atom is -0.491 e. The van der Waals surface area contributed by atoms with Crippen LogP contribution in [-0.2, 0) is 24.8 Å². The van der Waals surface area contributed by atoms with Crippen molar-refractivity contribution in [1.29, 1.82) is 0 Å². The molecule has 7 heteroatoms. The number of ether oxygens (including phenoxy) is 2. The van der Waals surface area contributed by atoms with E-state index in [1.807, 2.05) is 66.6 Å². The lowest BCUT2D eigenvalue weighted by Crippen LogP contribution is -2.40. The molecule has 1 aromatic heterocycles. The number of rotatable bonds is 4. The van der Waals surface area contributed by atoms with Crippen LogP contribution in [0.1, 0.15) is 34.5 Å². The maximum Gasteiger partial charge on any atom is 0.255 e. The number of para-hydroxylation sites is 1. The predicted molar refractivity (Wildman–Crippen MR) is 132 cm³/mol. The van der Waals surface area contributed by atoms with E-state index in [0.29, 0.717) is 37.6 Å². The zero-order valence-corrected chi connectivity index (χ0v) is 19.9. The first-order valence-corrected chi connectivity index (χ1v) is 12.0. The molecule has 4 rings (SSSR count). The van der Waals surface area contributed by atoms with Gasteiger partial charge in [0, 0.05) is 32.9 Å². The minimum absolute atomic E-state index is 0.117. The molecule has 3 aromatic rings. The number of aromatic nitrogens is 2. The van der Waals surface area contributed by atoms with Crippen molar-refractivity contribution in [1.82, 2.24) is 19.8 Å². The van der Waals surface area contributed by atoms with Gasteiger partial charge in [-0.3, -0.25) is 9.69 Å². The Balaban J connectivity index is 1.46. The number of hydrogen-bond acceptors (Lipinski definition) is 5. The molecule has 1 aliphatic heterocycles. The second-order valence-corrected chi connectivity index (χ2v) is 8.79. The van der Waals surface area contributed by atoms with E-state index >= 15 is 0 Å². The minimum atomic E-state index is -0.139. The van der Waals surface area contributed by atoms with Gasteiger partial charge in [0.25, 0.3) is 5.91 Å². The molecule has 0 spiro atoms. The number of aryl methyl sites for hydroxylation is 1. The molecule has 0 fully saturated rings. The third-order valence-electron chi connectivity index (χ3n) is 5.93. The van der Waals surface area contributed by atoms with Gasteiger partial charge in [-0.15, -0.1) is 0 Å². The van der Waals surface area contributed by atoms with Crippen molar-refractivity contribution in [3.63, 3.8) is 0 Å². The maximum atomic E-state index is 13.2. The summed E-state index contributed by atoms with van der Waals surface area (Å²) in [6, 6.07) is 17.5. The predicted octanol–water partition coefficient (Wildman–Crippen LogP) is 3.45. The fraction of sp³-hybridized carbons (Fsp3) is 0.407. The summed E-state index contributed by atoms with van der Waals surface area (Å²) in [4.78, 5) is 20.0. The summed E-state index contributed by atoms with van der Waals surface area (Å²) < 4.78 is 14.1. The Kier molecular flexibility index (Phi) is 8.71. The number of carbonyl (C=O) groups is 1. The molecule has 1 amide bonds. The van der Waals surface area contributed by atoms with E-state index in [0.717, 1.165) is 38.2 Å². The normalized spacial score (nSPS) is 18.7. The van der Waals surface area contributed by atoms with Gasteiger partial charge in [0.1, 0.15) is 12.4 Å². The number of nitrogens with zero attached hydrogens (tertiary/aromatic N) is 3. The topological polar surface area (TPSA) is 68.6 Å². The van der Waals surface area contributed by atoms with Gasteiger partial charge in [-0.05, 0) is 43.5 Å². The number of carbonyl (C=O) groups excluding carboxylic acids is 1. The number of amides is 1. The quantitative estimate of drug-likeness (QED) is 0.643. The summed E-state index contributed by atoms with van der Waals surface area (Å²) in [6.45, 7) is 4.11. The van der Waals surface area contributed by atoms with E-state index in [4.69, 9.17) is 9.47 Å². The van der Waals surface area contributed by atoms with Crippen LogP contribution in [0, 0.1) is 0 Å². The van der Waals surface area contributed by atoms with Crippen molar-refractivity contribution >= 4 is 5.91 Å². The van der Waals surface area contributed by atoms with Crippen molar-refractivity contribution in [3.05, 3.63) is 83.9 Å². The Bertz CT molecular complexity index is 1040. The van der Waals surface area contributed by atoms with Crippen LogP contribution >= 0.6 is 0 Å². The first kappa shape index (κ1) is 24.0. The Morgan fingerprint density at radius 3 is 2.68 bits per heavy atom. The van der Waals surface area contributed by atoms with E-state index in [2.05, 4.69) is 27.3 Å². The molecular weight excluding hydrogens is 428 g/mol. The lowest BCUT2D eigenvalue weighted by Gasteiger charge is -2.22. The first-order chi connectivity index (χ1) is 16.7. The van der Waals surface area contributed by atoms with Gasteiger partial charge < -0.3 is 19.4 Å². The van der Waals surface area contributed by atoms with Gasteiger partial charge in [-0.2, -0.15) is 0 Å². The summed E-state index contributed by atoms with van der Waals surface area (Å²) in [5, 5.41) is 3.17. The zero-order chi connectivity index (χ0) is 23.6. The first-order valence-electron chi connectivity index (χ1n) is 12.0. The Morgan fingerprint density at radius 2 is 1.85 bits per heavy atom. The second-order valence-electron chi connectivity index (χ2n) is 8.79. The fourth-order valence-electron chi connectivity index (χ4n) is 4.19. The number of benzene rings is 2. The average Bonchev–Trinajstić information content (AvgIpc) is 3.25. The summed E-state index contributed by atoms with van der Waals surface area (Å²) in [5.41, 5.74) is 2.76. The molecule has 1 N–H and O–H groups in total. The molecule has 7 nitrogen and oxygen atoms in total. The highest BCUT2D eigenvalue weighted by Gasteiger charge is 2.19. The summed E-state index contributed by atoms with van der Waals surface area (Å²) in [6.07, 6.45) is 6.58. The summed E-state index contributed by atoms with van der Waals surface area (Å²) in [7, 11) is 1.98.